The van der Waals surface area contributed by atoms with Crippen LogP contribution in [-0.2, 0) is 13.0 Å². The minimum atomic E-state index is 0.100. The molecule has 0 unspecified atom stereocenters. The summed E-state index contributed by atoms with van der Waals surface area (Å²) in [5.74, 6) is 0.100. The number of carbonyl (C=O) groups excluding carboxylic acids is 1. The molecule has 0 saturated heterocycles. The molecule has 4 heteroatoms. The van der Waals surface area contributed by atoms with Gasteiger partial charge in [0.25, 0.3) is 5.91 Å². The fraction of sp³-hybridized carbons (Fsp3) is 0.188. The second-order valence-electron chi connectivity index (χ2n) is 4.94. The lowest BCUT2D eigenvalue weighted by Gasteiger charge is -2.30. The quantitative estimate of drug-likeness (QED) is 0.613. The number of amides is 1. The maximum absolute atomic E-state index is 12.6. The van der Waals surface area contributed by atoms with E-state index in [1.807, 2.05) is 41.3 Å². The second-order valence-corrected chi connectivity index (χ2v) is 6.10. The molecule has 0 radical (unpaired) electrons. The Labute approximate surface area is 131 Å². The maximum Gasteiger partial charge on any atom is 0.255 e. The van der Waals surface area contributed by atoms with E-state index in [4.69, 9.17) is 5.73 Å². The van der Waals surface area contributed by atoms with Gasteiger partial charge in [-0.3, -0.25) is 4.79 Å². The average molecular weight is 378 g/mol. The number of nitrogen functional groups attached to an aromatic ring is 1. The summed E-state index contributed by atoms with van der Waals surface area (Å²) in [5, 5.41) is 0. The molecule has 1 heterocycles. The SMILES string of the molecule is Nc1cccc2c1CCN(C(=O)c1ccccc1I)C2. The van der Waals surface area contributed by atoms with Gasteiger partial charge in [-0.1, -0.05) is 24.3 Å². The number of anilines is 1. The smallest absolute Gasteiger partial charge is 0.255 e. The second kappa shape index (κ2) is 5.44. The van der Waals surface area contributed by atoms with Gasteiger partial charge in [-0.2, -0.15) is 0 Å². The van der Waals surface area contributed by atoms with Gasteiger partial charge >= 0.3 is 0 Å². The first-order valence-corrected chi connectivity index (χ1v) is 7.65. The van der Waals surface area contributed by atoms with Crippen molar-refractivity contribution in [3.8, 4) is 0 Å². The highest BCUT2D eigenvalue weighted by molar-refractivity contribution is 14.1. The van der Waals surface area contributed by atoms with Crippen LogP contribution in [0, 0.1) is 3.57 Å². The third-order valence-corrected chi connectivity index (χ3v) is 4.63. The molecule has 2 aromatic carbocycles. The van der Waals surface area contributed by atoms with Crippen molar-refractivity contribution in [3.63, 3.8) is 0 Å². The van der Waals surface area contributed by atoms with E-state index in [1.165, 1.54) is 5.56 Å². The van der Waals surface area contributed by atoms with E-state index in [0.29, 0.717) is 6.54 Å². The molecule has 102 valence electrons. The summed E-state index contributed by atoms with van der Waals surface area (Å²) in [7, 11) is 0. The van der Waals surface area contributed by atoms with Gasteiger partial charge in [-0.15, -0.1) is 0 Å². The van der Waals surface area contributed by atoms with Crippen molar-refractivity contribution in [1.29, 1.82) is 0 Å². The van der Waals surface area contributed by atoms with Crippen LogP contribution in [0.25, 0.3) is 0 Å². The number of rotatable bonds is 1. The minimum absolute atomic E-state index is 0.100. The van der Waals surface area contributed by atoms with Gasteiger partial charge in [0.2, 0.25) is 0 Å². The first-order chi connectivity index (χ1) is 9.66. The molecule has 1 amide bonds. The molecule has 3 rings (SSSR count). The Bertz CT molecular complexity index is 669. The van der Waals surface area contributed by atoms with Crippen LogP contribution in [0.5, 0.6) is 0 Å². The monoisotopic (exact) mass is 378 g/mol. The van der Waals surface area contributed by atoms with Gasteiger partial charge in [0, 0.05) is 22.3 Å². The standard InChI is InChI=1S/C16H15IN2O/c17-14-6-2-1-5-13(14)16(20)19-9-8-12-11(10-19)4-3-7-15(12)18/h1-7H,8-10,18H2. The zero-order valence-corrected chi connectivity index (χ0v) is 13.1. The van der Waals surface area contributed by atoms with Crippen molar-refractivity contribution in [1.82, 2.24) is 4.90 Å². The molecular weight excluding hydrogens is 363 g/mol. The fourth-order valence-electron chi connectivity index (χ4n) is 2.62. The normalized spacial score (nSPS) is 13.9. The zero-order valence-electron chi connectivity index (χ0n) is 11.0. The summed E-state index contributed by atoms with van der Waals surface area (Å²) in [6.07, 6.45) is 0.831. The number of carbonyl (C=O) groups is 1. The van der Waals surface area contributed by atoms with E-state index < -0.39 is 0 Å². The highest BCUT2D eigenvalue weighted by Crippen LogP contribution is 2.25. The van der Waals surface area contributed by atoms with Gasteiger partial charge in [0.15, 0.2) is 0 Å². The first kappa shape index (κ1) is 13.4. The minimum Gasteiger partial charge on any atom is -0.398 e. The lowest BCUT2D eigenvalue weighted by molar-refractivity contribution is 0.0734. The molecule has 3 nitrogen and oxygen atoms in total. The summed E-state index contributed by atoms with van der Waals surface area (Å²) in [6, 6.07) is 13.6. The molecule has 0 aromatic heterocycles. The van der Waals surface area contributed by atoms with Crippen molar-refractivity contribution in [2.45, 2.75) is 13.0 Å². The Hall–Kier alpha value is -1.56. The van der Waals surface area contributed by atoms with Crippen molar-refractivity contribution >= 4 is 34.2 Å². The third kappa shape index (κ3) is 2.40. The summed E-state index contributed by atoms with van der Waals surface area (Å²) in [5.41, 5.74) is 9.96. The fourth-order valence-corrected chi connectivity index (χ4v) is 3.24. The van der Waals surface area contributed by atoms with E-state index >= 15 is 0 Å². The maximum atomic E-state index is 12.6. The Balaban J connectivity index is 1.88. The highest BCUT2D eigenvalue weighted by Gasteiger charge is 2.23. The molecule has 0 spiro atoms. The van der Waals surface area contributed by atoms with Crippen LogP contribution in [0.4, 0.5) is 5.69 Å². The summed E-state index contributed by atoms with van der Waals surface area (Å²) in [6.45, 7) is 1.37. The lowest BCUT2D eigenvalue weighted by Crippen LogP contribution is -2.36. The topological polar surface area (TPSA) is 46.3 Å². The van der Waals surface area contributed by atoms with Crippen molar-refractivity contribution < 1.29 is 4.79 Å². The number of nitrogens with zero attached hydrogens (tertiary/aromatic N) is 1. The Morgan fingerprint density at radius 2 is 1.95 bits per heavy atom. The summed E-state index contributed by atoms with van der Waals surface area (Å²) >= 11 is 2.21. The van der Waals surface area contributed by atoms with Gasteiger partial charge < -0.3 is 10.6 Å². The van der Waals surface area contributed by atoms with Crippen molar-refractivity contribution in [2.75, 3.05) is 12.3 Å². The molecule has 0 saturated carbocycles. The predicted octanol–water partition coefficient (Wildman–Crippen LogP) is 3.07. The van der Waals surface area contributed by atoms with Crippen LogP contribution in [0.2, 0.25) is 0 Å². The van der Waals surface area contributed by atoms with Crippen LogP contribution in [-0.4, -0.2) is 17.4 Å². The molecule has 0 fully saturated rings. The molecule has 20 heavy (non-hydrogen) atoms. The largest absolute Gasteiger partial charge is 0.398 e. The molecule has 1 aliphatic heterocycles. The lowest BCUT2D eigenvalue weighted by atomic mass is 9.97. The number of hydrogen-bond donors (Lipinski definition) is 1. The molecule has 1 aliphatic rings. The molecule has 0 bridgehead atoms. The number of benzene rings is 2. The van der Waals surface area contributed by atoms with Gasteiger partial charge in [0.05, 0.1) is 5.56 Å². The highest BCUT2D eigenvalue weighted by atomic mass is 127. The Morgan fingerprint density at radius 1 is 1.15 bits per heavy atom. The van der Waals surface area contributed by atoms with Gasteiger partial charge in [-0.05, 0) is 58.3 Å². The molecule has 0 aliphatic carbocycles. The van der Waals surface area contributed by atoms with Gasteiger partial charge in [0.1, 0.15) is 0 Å². The third-order valence-electron chi connectivity index (χ3n) is 3.69. The Morgan fingerprint density at radius 3 is 2.75 bits per heavy atom. The molecule has 0 atom stereocenters. The molecule has 2 aromatic rings. The number of nitrogens with two attached hydrogens (primary N) is 1. The summed E-state index contributed by atoms with van der Waals surface area (Å²) in [4.78, 5) is 14.5. The molecule has 2 N–H and O–H groups in total. The van der Waals surface area contributed by atoms with E-state index in [2.05, 4.69) is 28.7 Å². The number of halogens is 1. The van der Waals surface area contributed by atoms with Gasteiger partial charge in [-0.25, -0.2) is 0 Å². The number of fused-ring (bicyclic) bond motifs is 1. The van der Waals surface area contributed by atoms with Crippen molar-refractivity contribution in [2.24, 2.45) is 0 Å². The predicted molar refractivity (Wildman–Crippen MR) is 88.5 cm³/mol. The van der Waals surface area contributed by atoms with Crippen LogP contribution in [0.3, 0.4) is 0 Å². The zero-order chi connectivity index (χ0) is 14.1. The summed E-state index contributed by atoms with van der Waals surface area (Å²) < 4.78 is 0.994. The van der Waals surface area contributed by atoms with Crippen LogP contribution >= 0.6 is 22.6 Å². The first-order valence-electron chi connectivity index (χ1n) is 6.57. The van der Waals surface area contributed by atoms with Crippen molar-refractivity contribution in [3.05, 3.63) is 62.7 Å². The van der Waals surface area contributed by atoms with E-state index in [-0.39, 0.29) is 5.91 Å². The van der Waals surface area contributed by atoms with E-state index in [0.717, 1.165) is 33.4 Å². The van der Waals surface area contributed by atoms with Crippen LogP contribution in [0.15, 0.2) is 42.5 Å². The van der Waals surface area contributed by atoms with E-state index in [9.17, 15) is 4.79 Å². The van der Waals surface area contributed by atoms with Crippen LogP contribution < -0.4 is 5.73 Å². The molecular formula is C16H15IN2O. The van der Waals surface area contributed by atoms with Crippen LogP contribution in [0.1, 0.15) is 21.5 Å². The number of hydrogen-bond acceptors (Lipinski definition) is 2. The van der Waals surface area contributed by atoms with E-state index in [1.54, 1.807) is 0 Å². The average Bonchev–Trinajstić information content (AvgIpc) is 2.47. The Kier molecular flexibility index (Phi) is 3.65.